The van der Waals surface area contributed by atoms with Crippen LogP contribution in [0.2, 0.25) is 0 Å². The van der Waals surface area contributed by atoms with Crippen LogP contribution in [0.1, 0.15) is 17.5 Å². The van der Waals surface area contributed by atoms with Gasteiger partial charge in [-0.15, -0.1) is 0 Å². The Morgan fingerprint density at radius 1 is 1.75 bits per heavy atom. The quantitative estimate of drug-likeness (QED) is 0.748. The number of ether oxygens (including phenoxy) is 1. The van der Waals surface area contributed by atoms with Crippen molar-refractivity contribution >= 4 is 21.7 Å². The maximum atomic E-state index is 11.2. The predicted molar refractivity (Wildman–Crippen MR) is 47.2 cm³/mol. The third-order valence-electron chi connectivity index (χ3n) is 1.31. The zero-order valence-electron chi connectivity index (χ0n) is 6.67. The van der Waals surface area contributed by atoms with Crippen molar-refractivity contribution in [3.05, 3.63) is 22.6 Å². The molecule has 66 valence electrons. The number of ketones is 1. The average molecular weight is 233 g/mol. The lowest BCUT2D eigenvalue weighted by Gasteiger charge is -1.97. The summed E-state index contributed by atoms with van der Waals surface area (Å²) in [6, 6.07) is 1.68. The second kappa shape index (κ2) is 4.42. The van der Waals surface area contributed by atoms with E-state index in [2.05, 4.69) is 15.9 Å². The van der Waals surface area contributed by atoms with Crippen LogP contribution in [0, 0.1) is 0 Å². The summed E-state index contributed by atoms with van der Waals surface area (Å²) >= 11 is 3.19. The summed E-state index contributed by atoms with van der Waals surface area (Å²) in [6.07, 6.45) is 1.46. The van der Waals surface area contributed by atoms with Crippen LogP contribution in [0.15, 0.2) is 21.2 Å². The Labute approximate surface area is 78.8 Å². The van der Waals surface area contributed by atoms with E-state index in [1.807, 2.05) is 6.92 Å². The van der Waals surface area contributed by atoms with E-state index in [-0.39, 0.29) is 12.4 Å². The summed E-state index contributed by atoms with van der Waals surface area (Å²) < 4.78 is 10.6. The van der Waals surface area contributed by atoms with Crippen LogP contribution in [-0.2, 0) is 4.74 Å². The van der Waals surface area contributed by atoms with Gasteiger partial charge in [0.15, 0.2) is 5.76 Å². The summed E-state index contributed by atoms with van der Waals surface area (Å²) in [6.45, 7) is 2.44. The van der Waals surface area contributed by atoms with Crippen LogP contribution < -0.4 is 0 Å². The molecule has 0 fully saturated rings. The number of carbonyl (C=O) groups is 1. The number of halogens is 1. The Morgan fingerprint density at radius 2 is 2.50 bits per heavy atom. The lowest BCUT2D eigenvalue weighted by atomic mass is 10.3. The van der Waals surface area contributed by atoms with Gasteiger partial charge in [-0.1, -0.05) is 0 Å². The first-order chi connectivity index (χ1) is 5.75. The molecule has 4 heteroatoms. The van der Waals surface area contributed by atoms with Gasteiger partial charge in [-0.2, -0.15) is 0 Å². The van der Waals surface area contributed by atoms with Crippen molar-refractivity contribution in [2.24, 2.45) is 0 Å². The number of rotatable bonds is 4. The number of furan rings is 1. The van der Waals surface area contributed by atoms with Crippen LogP contribution in [0.3, 0.4) is 0 Å². The fourth-order valence-corrected chi connectivity index (χ4v) is 1.18. The molecule has 0 unspecified atom stereocenters. The first-order valence-corrected chi connectivity index (χ1v) is 4.39. The lowest BCUT2D eigenvalue weighted by Crippen LogP contribution is -2.08. The SMILES string of the molecule is CCOCC(=O)c1occc1Br. The molecule has 0 saturated carbocycles. The molecule has 0 aliphatic heterocycles. The highest BCUT2D eigenvalue weighted by atomic mass is 79.9. The molecule has 0 aliphatic rings. The second-order valence-electron chi connectivity index (χ2n) is 2.16. The van der Waals surface area contributed by atoms with E-state index in [4.69, 9.17) is 9.15 Å². The number of hydrogen-bond donors (Lipinski definition) is 0. The van der Waals surface area contributed by atoms with E-state index in [1.54, 1.807) is 6.07 Å². The van der Waals surface area contributed by atoms with Crippen LogP contribution in [0.5, 0.6) is 0 Å². The van der Waals surface area contributed by atoms with Crippen molar-refractivity contribution < 1.29 is 13.9 Å². The largest absolute Gasteiger partial charge is 0.460 e. The molecule has 0 spiro atoms. The Balaban J connectivity index is 2.59. The van der Waals surface area contributed by atoms with E-state index in [0.717, 1.165) is 0 Å². The van der Waals surface area contributed by atoms with Gasteiger partial charge in [0.05, 0.1) is 10.7 Å². The Hall–Kier alpha value is -0.610. The maximum Gasteiger partial charge on any atom is 0.224 e. The second-order valence-corrected chi connectivity index (χ2v) is 3.01. The molecule has 1 aromatic heterocycles. The predicted octanol–water partition coefficient (Wildman–Crippen LogP) is 2.26. The van der Waals surface area contributed by atoms with Gasteiger partial charge in [-0.05, 0) is 28.9 Å². The van der Waals surface area contributed by atoms with Crippen LogP contribution in [-0.4, -0.2) is 19.0 Å². The molecule has 0 saturated heterocycles. The molecule has 0 bridgehead atoms. The van der Waals surface area contributed by atoms with Gasteiger partial charge in [-0.3, -0.25) is 4.79 Å². The number of hydrogen-bond acceptors (Lipinski definition) is 3. The Morgan fingerprint density at radius 3 is 3.00 bits per heavy atom. The van der Waals surface area contributed by atoms with Crippen LogP contribution >= 0.6 is 15.9 Å². The van der Waals surface area contributed by atoms with Gasteiger partial charge >= 0.3 is 0 Å². The maximum absolute atomic E-state index is 11.2. The van der Waals surface area contributed by atoms with Crippen molar-refractivity contribution in [1.82, 2.24) is 0 Å². The van der Waals surface area contributed by atoms with Crippen molar-refractivity contribution in [2.45, 2.75) is 6.92 Å². The normalized spacial score (nSPS) is 10.2. The van der Waals surface area contributed by atoms with Gasteiger partial charge in [0.25, 0.3) is 0 Å². The van der Waals surface area contributed by atoms with Crippen molar-refractivity contribution in [3.8, 4) is 0 Å². The van der Waals surface area contributed by atoms with E-state index >= 15 is 0 Å². The zero-order chi connectivity index (χ0) is 8.97. The molecular weight excluding hydrogens is 224 g/mol. The Bertz CT molecular complexity index is 267. The number of Topliss-reactive ketones (excluding diaryl/α,β-unsaturated/α-hetero) is 1. The molecule has 1 rings (SSSR count). The third kappa shape index (κ3) is 2.19. The first kappa shape index (κ1) is 9.48. The Kier molecular flexibility index (Phi) is 3.49. The highest BCUT2D eigenvalue weighted by molar-refractivity contribution is 9.10. The molecule has 0 N–H and O–H groups in total. The van der Waals surface area contributed by atoms with Gasteiger partial charge in [0, 0.05) is 6.61 Å². The van der Waals surface area contributed by atoms with Crippen molar-refractivity contribution in [1.29, 1.82) is 0 Å². The molecule has 0 radical (unpaired) electrons. The van der Waals surface area contributed by atoms with Gasteiger partial charge < -0.3 is 9.15 Å². The van der Waals surface area contributed by atoms with E-state index < -0.39 is 0 Å². The van der Waals surface area contributed by atoms with Crippen molar-refractivity contribution in [2.75, 3.05) is 13.2 Å². The molecule has 12 heavy (non-hydrogen) atoms. The fourth-order valence-electron chi connectivity index (χ4n) is 0.753. The summed E-state index contributed by atoms with van der Waals surface area (Å²) in [5.74, 6) is 0.178. The highest BCUT2D eigenvalue weighted by Crippen LogP contribution is 2.17. The van der Waals surface area contributed by atoms with Gasteiger partial charge in [0.1, 0.15) is 6.61 Å². The smallest absolute Gasteiger partial charge is 0.224 e. The summed E-state index contributed by atoms with van der Waals surface area (Å²) in [5.41, 5.74) is 0. The minimum absolute atomic E-state index is 0.0720. The first-order valence-electron chi connectivity index (χ1n) is 3.59. The molecule has 0 aromatic carbocycles. The lowest BCUT2D eigenvalue weighted by molar-refractivity contribution is 0.0755. The summed E-state index contributed by atoms with van der Waals surface area (Å²) in [7, 11) is 0. The summed E-state index contributed by atoms with van der Waals surface area (Å²) in [4.78, 5) is 11.2. The van der Waals surface area contributed by atoms with Crippen molar-refractivity contribution in [3.63, 3.8) is 0 Å². The minimum atomic E-state index is -0.145. The zero-order valence-corrected chi connectivity index (χ0v) is 8.26. The van der Waals surface area contributed by atoms with Gasteiger partial charge in [-0.25, -0.2) is 0 Å². The number of carbonyl (C=O) groups excluding carboxylic acids is 1. The monoisotopic (exact) mass is 232 g/mol. The topological polar surface area (TPSA) is 39.4 Å². The third-order valence-corrected chi connectivity index (χ3v) is 1.93. The van der Waals surface area contributed by atoms with E-state index in [0.29, 0.717) is 16.8 Å². The minimum Gasteiger partial charge on any atom is -0.460 e. The molecule has 0 atom stereocenters. The molecule has 3 nitrogen and oxygen atoms in total. The standard InChI is InChI=1S/C8H9BrO3/c1-2-11-5-7(10)8-6(9)3-4-12-8/h3-4H,2,5H2,1H3. The fraction of sp³-hybridized carbons (Fsp3) is 0.375. The average Bonchev–Trinajstić information content (AvgIpc) is 2.47. The highest BCUT2D eigenvalue weighted by Gasteiger charge is 2.12. The molecule has 1 heterocycles. The van der Waals surface area contributed by atoms with E-state index in [9.17, 15) is 4.79 Å². The molecular formula is C8H9BrO3. The molecule has 1 aromatic rings. The summed E-state index contributed by atoms with van der Waals surface area (Å²) in [5, 5.41) is 0. The van der Waals surface area contributed by atoms with E-state index in [1.165, 1.54) is 6.26 Å². The van der Waals surface area contributed by atoms with Gasteiger partial charge in [0.2, 0.25) is 5.78 Å². The molecule has 0 amide bonds. The van der Waals surface area contributed by atoms with Crippen LogP contribution in [0.25, 0.3) is 0 Å². The van der Waals surface area contributed by atoms with Crippen LogP contribution in [0.4, 0.5) is 0 Å². The molecule has 0 aliphatic carbocycles.